The number of carbonyl (C=O) groups is 1. The van der Waals surface area contributed by atoms with Crippen molar-refractivity contribution in [2.75, 3.05) is 29.7 Å². The van der Waals surface area contributed by atoms with E-state index >= 15 is 0 Å². The Hall–Kier alpha value is -0.970. The van der Waals surface area contributed by atoms with Crippen molar-refractivity contribution in [3.05, 3.63) is 29.3 Å². The van der Waals surface area contributed by atoms with Crippen LogP contribution in [0.1, 0.15) is 35.8 Å². The number of anilines is 1. The molecule has 0 spiro atoms. The summed E-state index contributed by atoms with van der Waals surface area (Å²) in [6, 6.07) is 6.23. The van der Waals surface area contributed by atoms with Gasteiger partial charge in [-0.05, 0) is 42.0 Å². The fourth-order valence-corrected chi connectivity index (χ4v) is 4.42. The van der Waals surface area contributed by atoms with Gasteiger partial charge in [-0.2, -0.15) is 0 Å². The summed E-state index contributed by atoms with van der Waals surface area (Å²) in [4.78, 5) is 13.7. The highest BCUT2D eigenvalue weighted by molar-refractivity contribution is 6.18. The van der Waals surface area contributed by atoms with Gasteiger partial charge in [-0.1, -0.05) is 6.07 Å². The summed E-state index contributed by atoms with van der Waals surface area (Å²) in [5.74, 6) is 0.375. The monoisotopic (exact) mass is 342 g/mol. The van der Waals surface area contributed by atoms with Crippen LogP contribution >= 0.6 is 23.2 Å². The van der Waals surface area contributed by atoms with Gasteiger partial charge >= 0.3 is 5.97 Å². The molecule has 0 aromatic heterocycles. The van der Waals surface area contributed by atoms with E-state index in [1.54, 1.807) is 0 Å². The maximum Gasteiger partial charge on any atom is 0.324 e. The van der Waals surface area contributed by atoms with Crippen LogP contribution in [0.25, 0.3) is 0 Å². The van der Waals surface area contributed by atoms with Gasteiger partial charge in [0.25, 0.3) is 0 Å². The van der Waals surface area contributed by atoms with Gasteiger partial charge in [0.15, 0.2) is 0 Å². The molecule has 1 saturated carbocycles. The second kappa shape index (κ2) is 5.91. The topological polar surface area (TPSA) is 66.6 Å². The quantitative estimate of drug-likeness (QED) is 0.780. The molecule has 120 valence electrons. The van der Waals surface area contributed by atoms with Gasteiger partial charge in [-0.25, -0.2) is 0 Å². The molecule has 0 radical (unpaired) electrons. The Morgan fingerprint density at radius 1 is 1.32 bits per heavy atom. The van der Waals surface area contributed by atoms with Crippen molar-refractivity contribution >= 4 is 34.9 Å². The zero-order valence-corrected chi connectivity index (χ0v) is 13.8. The maximum atomic E-state index is 11.5. The van der Waals surface area contributed by atoms with Crippen LogP contribution in [-0.2, 0) is 4.79 Å². The van der Waals surface area contributed by atoms with Crippen molar-refractivity contribution in [2.45, 2.75) is 30.2 Å². The first-order valence-electron chi connectivity index (χ1n) is 7.54. The summed E-state index contributed by atoms with van der Waals surface area (Å²) in [6.07, 6.45) is 1.36. The molecule has 0 amide bonds. The summed E-state index contributed by atoms with van der Waals surface area (Å²) in [5.41, 5.74) is 8.49. The molecule has 3 rings (SSSR count). The highest BCUT2D eigenvalue weighted by Gasteiger charge is 2.56. The average molecular weight is 343 g/mol. The third kappa shape index (κ3) is 2.38. The molecular formula is C16H20Cl2N2O2. The first-order valence-corrected chi connectivity index (χ1v) is 8.61. The Balaban J connectivity index is 1.92. The van der Waals surface area contributed by atoms with Crippen LogP contribution in [0.2, 0.25) is 0 Å². The van der Waals surface area contributed by atoms with Crippen LogP contribution < -0.4 is 10.6 Å². The van der Waals surface area contributed by atoms with E-state index in [1.165, 1.54) is 5.56 Å². The van der Waals surface area contributed by atoms with Crippen molar-refractivity contribution in [3.63, 3.8) is 0 Å². The van der Waals surface area contributed by atoms with Gasteiger partial charge in [-0.3, -0.25) is 4.79 Å². The molecule has 1 aromatic carbocycles. The summed E-state index contributed by atoms with van der Waals surface area (Å²) in [5, 5.41) is 9.44. The number of alkyl halides is 2. The van der Waals surface area contributed by atoms with Crippen molar-refractivity contribution in [3.8, 4) is 0 Å². The number of hydrogen-bond acceptors (Lipinski definition) is 3. The molecule has 2 bridgehead atoms. The molecule has 22 heavy (non-hydrogen) atoms. The Morgan fingerprint density at radius 3 is 2.59 bits per heavy atom. The van der Waals surface area contributed by atoms with Crippen molar-refractivity contribution < 1.29 is 9.90 Å². The number of hydrogen-bond donors (Lipinski definition) is 2. The molecule has 1 aromatic rings. The standard InChI is InChI=1S/C16H20Cl2N2O2/c17-3-5-20(6-4-18)11-1-2-12-13(8-11)10-7-14(12)16(19,9-10)15(21)22/h1-2,8,10,14H,3-7,9,19H2,(H,21,22). The fourth-order valence-electron chi connectivity index (χ4n) is 4.01. The van der Waals surface area contributed by atoms with Gasteiger partial charge in [0.2, 0.25) is 0 Å². The molecule has 0 saturated heterocycles. The molecule has 0 heterocycles. The number of benzene rings is 1. The number of fused-ring (bicyclic) bond motifs is 5. The molecule has 0 aliphatic heterocycles. The van der Waals surface area contributed by atoms with Crippen molar-refractivity contribution in [2.24, 2.45) is 5.73 Å². The van der Waals surface area contributed by atoms with Crippen LogP contribution in [-0.4, -0.2) is 41.5 Å². The number of nitrogens with zero attached hydrogens (tertiary/aromatic N) is 1. The molecule has 3 atom stereocenters. The molecule has 6 heteroatoms. The third-order valence-corrected chi connectivity index (χ3v) is 5.42. The molecule has 2 aliphatic rings. The average Bonchev–Trinajstić information content (AvgIpc) is 3.02. The maximum absolute atomic E-state index is 11.5. The van der Waals surface area contributed by atoms with E-state index in [0.29, 0.717) is 18.2 Å². The first kappa shape index (κ1) is 15.9. The summed E-state index contributed by atoms with van der Waals surface area (Å²) < 4.78 is 0. The zero-order valence-electron chi connectivity index (χ0n) is 12.3. The largest absolute Gasteiger partial charge is 0.480 e. The second-order valence-electron chi connectivity index (χ2n) is 6.21. The summed E-state index contributed by atoms with van der Waals surface area (Å²) in [7, 11) is 0. The number of carboxylic acids is 1. The van der Waals surface area contributed by atoms with Crippen LogP contribution in [0.4, 0.5) is 5.69 Å². The van der Waals surface area contributed by atoms with Crippen LogP contribution in [0.15, 0.2) is 18.2 Å². The van der Waals surface area contributed by atoms with Gasteiger partial charge in [-0.15, -0.1) is 23.2 Å². The summed E-state index contributed by atoms with van der Waals surface area (Å²) >= 11 is 11.7. The second-order valence-corrected chi connectivity index (χ2v) is 6.97. The number of nitrogens with two attached hydrogens (primary N) is 1. The first-order chi connectivity index (χ1) is 10.5. The predicted octanol–water partition coefficient (Wildman–Crippen LogP) is 2.73. The van der Waals surface area contributed by atoms with Gasteiger partial charge in [0.1, 0.15) is 5.54 Å². The third-order valence-electron chi connectivity index (χ3n) is 5.08. The molecule has 2 aliphatic carbocycles. The van der Waals surface area contributed by atoms with E-state index in [1.807, 2.05) is 12.1 Å². The number of aliphatic carboxylic acids is 1. The molecular weight excluding hydrogens is 323 g/mol. The molecule has 4 nitrogen and oxygen atoms in total. The Morgan fingerprint density at radius 2 is 2.00 bits per heavy atom. The smallest absolute Gasteiger partial charge is 0.324 e. The normalized spacial score (nSPS) is 28.7. The lowest BCUT2D eigenvalue weighted by Crippen LogP contribution is -2.51. The highest BCUT2D eigenvalue weighted by atomic mass is 35.5. The SMILES string of the molecule is NC1(C(=O)O)CC2CC1c1ccc(N(CCCl)CCCl)cc12. The predicted molar refractivity (Wildman–Crippen MR) is 89.4 cm³/mol. The molecule has 3 unspecified atom stereocenters. The minimum absolute atomic E-state index is 0.0754. The van der Waals surface area contributed by atoms with Gasteiger partial charge in [0, 0.05) is 36.5 Å². The van der Waals surface area contributed by atoms with Gasteiger partial charge < -0.3 is 15.7 Å². The summed E-state index contributed by atoms with van der Waals surface area (Å²) in [6.45, 7) is 1.49. The minimum atomic E-state index is -1.11. The van der Waals surface area contributed by atoms with Crippen molar-refractivity contribution in [1.29, 1.82) is 0 Å². The van der Waals surface area contributed by atoms with Crippen LogP contribution in [0, 0.1) is 0 Å². The fraction of sp³-hybridized carbons (Fsp3) is 0.562. The van der Waals surface area contributed by atoms with Crippen molar-refractivity contribution in [1.82, 2.24) is 0 Å². The number of rotatable bonds is 6. The Kier molecular flexibility index (Phi) is 4.27. The lowest BCUT2D eigenvalue weighted by atomic mass is 9.78. The van der Waals surface area contributed by atoms with E-state index in [4.69, 9.17) is 28.9 Å². The lowest BCUT2D eigenvalue weighted by Gasteiger charge is -2.32. The van der Waals surface area contributed by atoms with E-state index in [2.05, 4.69) is 11.0 Å². The van der Waals surface area contributed by atoms with Crippen LogP contribution in [0.5, 0.6) is 0 Å². The molecule has 1 fully saturated rings. The van der Waals surface area contributed by atoms with E-state index in [-0.39, 0.29) is 11.8 Å². The highest BCUT2D eigenvalue weighted by Crippen LogP contribution is 2.57. The zero-order chi connectivity index (χ0) is 15.9. The Bertz CT molecular complexity index is 590. The van der Waals surface area contributed by atoms with E-state index < -0.39 is 11.5 Å². The van der Waals surface area contributed by atoms with E-state index in [9.17, 15) is 9.90 Å². The number of halogens is 2. The molecule has 3 N–H and O–H groups in total. The van der Waals surface area contributed by atoms with Gasteiger partial charge in [0.05, 0.1) is 0 Å². The van der Waals surface area contributed by atoms with E-state index in [0.717, 1.165) is 30.8 Å². The number of carboxylic acid groups (broad SMARTS) is 1. The Labute approximate surface area is 140 Å². The van der Waals surface area contributed by atoms with Crippen LogP contribution in [0.3, 0.4) is 0 Å². The minimum Gasteiger partial charge on any atom is -0.480 e. The lowest BCUT2D eigenvalue weighted by molar-refractivity contribution is -0.143.